The molecule has 1 aliphatic rings. The zero-order chi connectivity index (χ0) is 24.7. The zero-order valence-electron chi connectivity index (χ0n) is 20.1. The topological polar surface area (TPSA) is 83.1 Å². The van der Waals surface area contributed by atoms with Gasteiger partial charge in [0.05, 0.1) is 13.1 Å². The van der Waals surface area contributed by atoms with Gasteiger partial charge in [-0.25, -0.2) is 0 Å². The van der Waals surface area contributed by atoms with Gasteiger partial charge in [0.15, 0.2) is 6.29 Å². The monoisotopic (exact) mass is 510 g/mol. The predicted octanol–water partition coefficient (Wildman–Crippen LogP) is 3.16. The Labute approximate surface area is 210 Å². The first-order chi connectivity index (χ1) is 16.3. The number of nitrogens with zero attached hydrogens (tertiary/aromatic N) is 5. The van der Waals surface area contributed by atoms with Gasteiger partial charge in [0.1, 0.15) is 17.4 Å². The van der Waals surface area contributed by atoms with Gasteiger partial charge in [-0.2, -0.15) is 9.97 Å². The summed E-state index contributed by atoms with van der Waals surface area (Å²) in [5, 5.41) is 4.55. The maximum atomic E-state index is 11.5. The van der Waals surface area contributed by atoms with Crippen LogP contribution in [0.3, 0.4) is 0 Å². The molecule has 186 valence electrons. The molecule has 0 radical (unpaired) electrons. The van der Waals surface area contributed by atoms with E-state index in [0.717, 1.165) is 37.6 Å². The molecule has 1 aliphatic heterocycles. The number of Topliss-reactive ketones (excluding diaryl/α,β-unsaturated/α-hetero) is 1. The quantitative estimate of drug-likeness (QED) is 0.458. The lowest BCUT2D eigenvalue weighted by atomic mass is 10.2. The van der Waals surface area contributed by atoms with Crippen molar-refractivity contribution in [2.45, 2.75) is 19.8 Å². The van der Waals surface area contributed by atoms with Crippen molar-refractivity contribution >= 4 is 46.6 Å². The number of ether oxygens (including phenoxy) is 2. The Balaban J connectivity index is 1.80. The number of ketones is 1. The van der Waals surface area contributed by atoms with Gasteiger partial charge in [-0.3, -0.25) is 9.69 Å². The summed E-state index contributed by atoms with van der Waals surface area (Å²) >= 11 is 12.4. The maximum absolute atomic E-state index is 11.5. The highest BCUT2D eigenvalue weighted by molar-refractivity contribution is 6.35. The van der Waals surface area contributed by atoms with Crippen LogP contribution < -0.4 is 15.1 Å². The number of hydrogen-bond donors (Lipinski definition) is 1. The van der Waals surface area contributed by atoms with Crippen LogP contribution in [0.4, 0.5) is 17.6 Å². The minimum absolute atomic E-state index is 0.173. The highest BCUT2D eigenvalue weighted by Crippen LogP contribution is 2.24. The molecule has 1 aromatic carbocycles. The van der Waals surface area contributed by atoms with E-state index in [2.05, 4.69) is 15.1 Å². The molecule has 0 unspecified atom stereocenters. The lowest BCUT2D eigenvalue weighted by Crippen LogP contribution is -2.48. The molecule has 1 N–H and O–H groups in total. The number of aromatic nitrogens is 2. The van der Waals surface area contributed by atoms with Gasteiger partial charge in [0, 0.05) is 70.1 Å². The summed E-state index contributed by atoms with van der Waals surface area (Å²) in [5.41, 5.74) is 0.915. The number of halogens is 2. The second-order valence-corrected chi connectivity index (χ2v) is 9.09. The van der Waals surface area contributed by atoms with E-state index >= 15 is 0 Å². The fraction of sp³-hybridized carbons (Fsp3) is 0.522. The Morgan fingerprint density at radius 3 is 2.47 bits per heavy atom. The van der Waals surface area contributed by atoms with Crippen molar-refractivity contribution in [2.75, 3.05) is 75.7 Å². The third kappa shape index (κ3) is 7.41. The van der Waals surface area contributed by atoms with Crippen LogP contribution in [0.1, 0.15) is 12.5 Å². The van der Waals surface area contributed by atoms with Crippen LogP contribution >= 0.6 is 23.2 Å². The number of hydrogen-bond acceptors (Lipinski definition) is 9. The minimum Gasteiger partial charge on any atom is -0.366 e. The van der Waals surface area contributed by atoms with E-state index in [9.17, 15) is 4.79 Å². The van der Waals surface area contributed by atoms with Gasteiger partial charge in [-0.15, -0.1) is 0 Å². The number of methoxy groups -OCH3 is 2. The zero-order valence-corrected chi connectivity index (χ0v) is 21.6. The summed E-state index contributed by atoms with van der Waals surface area (Å²) in [6.07, 6.45) is -0.386. The molecule has 0 atom stereocenters. The third-order valence-electron chi connectivity index (χ3n) is 5.62. The molecule has 3 rings (SSSR count). The molecule has 9 nitrogen and oxygen atoms in total. The largest absolute Gasteiger partial charge is 0.366 e. The minimum atomic E-state index is -0.386. The van der Waals surface area contributed by atoms with E-state index in [1.165, 1.54) is 0 Å². The van der Waals surface area contributed by atoms with Gasteiger partial charge in [-0.05, 0) is 24.6 Å². The lowest BCUT2D eigenvalue weighted by Gasteiger charge is -2.34. The highest BCUT2D eigenvalue weighted by Gasteiger charge is 2.22. The maximum Gasteiger partial charge on any atom is 0.229 e. The molecule has 0 amide bonds. The molecule has 1 aromatic heterocycles. The third-order valence-corrected chi connectivity index (χ3v) is 6.20. The van der Waals surface area contributed by atoms with E-state index in [4.69, 9.17) is 42.6 Å². The standard InChI is InChI=1S/C23H32Cl2N6O3/c1-16(32)14-30-7-9-31(10-8-30)23-27-20(26-13-17-5-6-18(24)11-19(17)25)12-21(28-23)29(2)15-22(33-3)34-4/h5-6,11-12,22H,7-10,13-15H2,1-4H3,(H,26,27,28). The summed E-state index contributed by atoms with van der Waals surface area (Å²) in [6, 6.07) is 7.32. The van der Waals surface area contributed by atoms with Gasteiger partial charge < -0.3 is 24.6 Å². The number of likely N-dealkylation sites (N-methyl/N-ethyl adjacent to an activating group) is 1. The molecule has 0 saturated carbocycles. The number of benzene rings is 1. The number of piperazine rings is 1. The van der Waals surface area contributed by atoms with Gasteiger partial charge >= 0.3 is 0 Å². The number of carbonyl (C=O) groups excluding carboxylic acids is 1. The number of nitrogens with one attached hydrogen (secondary N) is 1. The van der Waals surface area contributed by atoms with Crippen molar-refractivity contribution in [3.05, 3.63) is 39.9 Å². The summed E-state index contributed by atoms with van der Waals surface area (Å²) < 4.78 is 10.7. The molecule has 34 heavy (non-hydrogen) atoms. The van der Waals surface area contributed by atoms with Gasteiger partial charge in [0.2, 0.25) is 5.95 Å². The SMILES string of the molecule is COC(CN(C)c1cc(NCc2ccc(Cl)cc2Cl)nc(N2CCN(CC(C)=O)CC2)n1)OC. The Bertz CT molecular complexity index is 968. The number of anilines is 3. The summed E-state index contributed by atoms with van der Waals surface area (Å²) in [6.45, 7) is 6.11. The van der Waals surface area contributed by atoms with Crippen LogP contribution in [0.5, 0.6) is 0 Å². The van der Waals surface area contributed by atoms with Crippen LogP contribution in [0.2, 0.25) is 10.0 Å². The molecular formula is C23H32Cl2N6O3. The predicted molar refractivity (Wildman–Crippen MR) is 136 cm³/mol. The normalized spacial score (nSPS) is 14.5. The first kappa shape index (κ1) is 26.4. The van der Waals surface area contributed by atoms with Crippen LogP contribution in [0, 0.1) is 0 Å². The molecule has 1 fully saturated rings. The smallest absolute Gasteiger partial charge is 0.229 e. The second kappa shape index (κ2) is 12.5. The number of carbonyl (C=O) groups is 1. The Morgan fingerprint density at radius 2 is 1.85 bits per heavy atom. The average molecular weight is 511 g/mol. The first-order valence-corrected chi connectivity index (χ1v) is 11.8. The molecule has 11 heteroatoms. The van der Waals surface area contributed by atoms with Gasteiger partial charge in [-0.1, -0.05) is 29.3 Å². The van der Waals surface area contributed by atoms with E-state index in [1.54, 1.807) is 27.2 Å². The van der Waals surface area contributed by atoms with Crippen molar-refractivity contribution in [3.8, 4) is 0 Å². The summed E-state index contributed by atoms with van der Waals surface area (Å²) in [4.78, 5) is 27.3. The molecular weight excluding hydrogens is 479 g/mol. The Morgan fingerprint density at radius 1 is 1.15 bits per heavy atom. The second-order valence-electron chi connectivity index (χ2n) is 8.25. The Kier molecular flexibility index (Phi) is 9.73. The van der Waals surface area contributed by atoms with E-state index in [0.29, 0.717) is 41.4 Å². The molecule has 0 bridgehead atoms. The summed E-state index contributed by atoms with van der Waals surface area (Å²) in [5.74, 6) is 2.21. The van der Waals surface area contributed by atoms with Crippen molar-refractivity contribution < 1.29 is 14.3 Å². The molecule has 2 heterocycles. The van der Waals surface area contributed by atoms with Crippen LogP contribution in [-0.4, -0.2) is 87.5 Å². The molecule has 0 spiro atoms. The van der Waals surface area contributed by atoms with Crippen molar-refractivity contribution in [3.63, 3.8) is 0 Å². The van der Waals surface area contributed by atoms with Gasteiger partial charge in [0.25, 0.3) is 0 Å². The first-order valence-electron chi connectivity index (χ1n) is 11.1. The van der Waals surface area contributed by atoms with Crippen LogP contribution in [0.25, 0.3) is 0 Å². The fourth-order valence-corrected chi connectivity index (χ4v) is 4.16. The Hall–Kier alpha value is -2.17. The van der Waals surface area contributed by atoms with Crippen molar-refractivity contribution in [1.29, 1.82) is 0 Å². The molecule has 0 aliphatic carbocycles. The molecule has 1 saturated heterocycles. The van der Waals surface area contributed by atoms with E-state index in [1.807, 2.05) is 30.1 Å². The van der Waals surface area contributed by atoms with Crippen molar-refractivity contribution in [2.24, 2.45) is 0 Å². The van der Waals surface area contributed by atoms with Crippen LogP contribution in [-0.2, 0) is 20.8 Å². The summed E-state index contributed by atoms with van der Waals surface area (Å²) in [7, 11) is 5.15. The van der Waals surface area contributed by atoms with Crippen LogP contribution in [0.15, 0.2) is 24.3 Å². The average Bonchev–Trinajstić information content (AvgIpc) is 2.81. The lowest BCUT2D eigenvalue weighted by molar-refractivity contribution is -0.118. The number of rotatable bonds is 11. The van der Waals surface area contributed by atoms with Crippen molar-refractivity contribution in [1.82, 2.24) is 14.9 Å². The fourth-order valence-electron chi connectivity index (χ4n) is 3.68. The van der Waals surface area contributed by atoms with E-state index in [-0.39, 0.29) is 12.1 Å². The molecule has 2 aromatic rings. The highest BCUT2D eigenvalue weighted by atomic mass is 35.5. The van der Waals surface area contributed by atoms with E-state index < -0.39 is 0 Å².